The van der Waals surface area contributed by atoms with Gasteiger partial charge in [-0.05, 0) is 26.3 Å². The number of carboxylic acids is 1. The number of aromatic nitrogens is 1. The number of halogens is 3. The number of alkyl halides is 3. The molecule has 0 radical (unpaired) electrons. The Balaban J connectivity index is 3.05. The number of ketones is 1. The lowest BCUT2D eigenvalue weighted by molar-refractivity contribution is -0.255. The third-order valence-corrected chi connectivity index (χ3v) is 2.91. The molecule has 1 rings (SSSR count). The zero-order chi connectivity index (χ0) is 16.5. The fourth-order valence-corrected chi connectivity index (χ4v) is 1.75. The number of aromatic amines is 1. The summed E-state index contributed by atoms with van der Waals surface area (Å²) < 4.78 is 37.0. The summed E-state index contributed by atoms with van der Waals surface area (Å²) >= 11 is 0. The van der Waals surface area contributed by atoms with Gasteiger partial charge in [0.05, 0.1) is 17.2 Å². The minimum atomic E-state index is -4.69. The number of carboxylic acid groups (broad SMARTS) is 1. The van der Waals surface area contributed by atoms with E-state index in [4.69, 9.17) is 0 Å². The summed E-state index contributed by atoms with van der Waals surface area (Å²) in [5, 5.41) is 12.3. The largest absolute Gasteiger partial charge is 0.543 e. The van der Waals surface area contributed by atoms with Crippen molar-refractivity contribution in [2.75, 3.05) is 0 Å². The van der Waals surface area contributed by atoms with Gasteiger partial charge in [-0.2, -0.15) is 13.2 Å². The van der Waals surface area contributed by atoms with E-state index in [1.165, 1.54) is 19.2 Å². The minimum absolute atomic E-state index is 0.0616. The van der Waals surface area contributed by atoms with Crippen LogP contribution in [0.25, 0.3) is 0 Å². The summed E-state index contributed by atoms with van der Waals surface area (Å²) in [7, 11) is 0. The van der Waals surface area contributed by atoms with Crippen LogP contribution >= 0.6 is 0 Å². The summed E-state index contributed by atoms with van der Waals surface area (Å²) in [6, 6.07) is -2.20. The fraction of sp³-hybridized carbons (Fsp3) is 0.417. The number of hydrogen-bond acceptors (Lipinski definition) is 4. The van der Waals surface area contributed by atoms with Gasteiger partial charge >= 0.3 is 6.18 Å². The third-order valence-electron chi connectivity index (χ3n) is 2.91. The number of H-pyrrole nitrogens is 1. The van der Waals surface area contributed by atoms with E-state index in [-0.39, 0.29) is 16.8 Å². The Kier molecular flexibility index (Phi) is 4.45. The molecular formula is C12H12F3N2O4-. The third kappa shape index (κ3) is 3.41. The number of carbonyl (C=O) groups is 3. The van der Waals surface area contributed by atoms with Crippen LogP contribution in [0.4, 0.5) is 13.2 Å². The molecule has 2 N–H and O–H groups in total. The van der Waals surface area contributed by atoms with Gasteiger partial charge < -0.3 is 20.2 Å². The first kappa shape index (κ1) is 16.7. The number of nitrogens with one attached hydrogen (secondary N) is 2. The molecule has 116 valence electrons. The molecule has 0 aliphatic rings. The average molecular weight is 305 g/mol. The number of amides is 1. The zero-order valence-electron chi connectivity index (χ0n) is 11.3. The fourth-order valence-electron chi connectivity index (χ4n) is 1.75. The van der Waals surface area contributed by atoms with Crippen LogP contribution in [0.1, 0.15) is 39.0 Å². The first-order valence-electron chi connectivity index (χ1n) is 5.79. The normalized spacial score (nSPS) is 12.9. The van der Waals surface area contributed by atoms with Crippen molar-refractivity contribution in [1.82, 2.24) is 10.3 Å². The van der Waals surface area contributed by atoms with Gasteiger partial charge in [-0.25, -0.2) is 0 Å². The summed E-state index contributed by atoms with van der Waals surface area (Å²) in [5.41, 5.74) is -0.674. The Hall–Kier alpha value is -2.32. The second-order valence-corrected chi connectivity index (χ2v) is 4.48. The van der Waals surface area contributed by atoms with Crippen molar-refractivity contribution in [3.05, 3.63) is 22.5 Å². The summed E-state index contributed by atoms with van der Waals surface area (Å²) in [4.78, 5) is 36.6. The summed E-state index contributed by atoms with van der Waals surface area (Å²) in [5.74, 6) is -4.29. The van der Waals surface area contributed by atoms with Crippen molar-refractivity contribution in [2.45, 2.75) is 33.0 Å². The number of Topliss-reactive ketones (excluding diaryl/α,β-unsaturated/α-hetero) is 1. The Morgan fingerprint density at radius 1 is 1.24 bits per heavy atom. The van der Waals surface area contributed by atoms with Crippen molar-refractivity contribution >= 4 is 17.7 Å². The molecule has 0 aromatic carbocycles. The highest BCUT2D eigenvalue weighted by Crippen LogP contribution is 2.21. The van der Waals surface area contributed by atoms with Gasteiger partial charge in [0.2, 0.25) is 0 Å². The highest BCUT2D eigenvalue weighted by Gasteiger charge is 2.38. The molecule has 1 amide bonds. The number of rotatable bonds is 4. The molecule has 9 heteroatoms. The molecular weight excluding hydrogens is 293 g/mol. The molecule has 0 saturated heterocycles. The molecule has 0 unspecified atom stereocenters. The first-order valence-corrected chi connectivity index (χ1v) is 5.79. The van der Waals surface area contributed by atoms with E-state index in [0.717, 1.165) is 0 Å². The predicted molar refractivity (Wildman–Crippen MR) is 62.6 cm³/mol. The molecule has 6 nitrogen and oxygen atoms in total. The predicted octanol–water partition coefficient (Wildman–Crippen LogP) is 0.245. The van der Waals surface area contributed by atoms with E-state index in [9.17, 15) is 32.7 Å². The van der Waals surface area contributed by atoms with Gasteiger partial charge in [0.1, 0.15) is 6.04 Å². The molecule has 0 spiro atoms. The maximum Gasteiger partial charge on any atom is 0.408 e. The second kappa shape index (κ2) is 5.58. The van der Waals surface area contributed by atoms with Crippen LogP contribution in [0.15, 0.2) is 0 Å². The average Bonchev–Trinajstić information content (AvgIpc) is 2.62. The maximum atomic E-state index is 12.3. The summed E-state index contributed by atoms with van der Waals surface area (Å²) in [6.45, 7) is 3.27. The Labute approximate surface area is 117 Å². The zero-order valence-corrected chi connectivity index (χ0v) is 11.3. The standard InChI is InChI=1S/C12H13F3N2O4/c1-4-7(5(2)16-8(4)11(20)21)9(18)10(19)17-6(3)12(13,14)15/h6,16H,1-3H3,(H,17,19)(H,20,21)/p-1/t6-/m1/s1. The first-order chi connectivity index (χ1) is 9.46. The number of hydrogen-bond donors (Lipinski definition) is 2. The Morgan fingerprint density at radius 2 is 1.76 bits per heavy atom. The van der Waals surface area contributed by atoms with Crippen LogP contribution in [0.2, 0.25) is 0 Å². The van der Waals surface area contributed by atoms with E-state index >= 15 is 0 Å². The lowest BCUT2D eigenvalue weighted by Gasteiger charge is -2.16. The number of aryl methyl sites for hydroxylation is 1. The van der Waals surface area contributed by atoms with Crippen molar-refractivity contribution in [3.63, 3.8) is 0 Å². The molecule has 21 heavy (non-hydrogen) atoms. The molecule has 0 aliphatic carbocycles. The minimum Gasteiger partial charge on any atom is -0.543 e. The van der Waals surface area contributed by atoms with Crippen LogP contribution in [-0.4, -0.2) is 34.9 Å². The van der Waals surface area contributed by atoms with Crippen molar-refractivity contribution in [3.8, 4) is 0 Å². The van der Waals surface area contributed by atoms with Gasteiger partial charge in [-0.3, -0.25) is 9.59 Å². The van der Waals surface area contributed by atoms with Crippen molar-refractivity contribution in [2.24, 2.45) is 0 Å². The smallest absolute Gasteiger partial charge is 0.408 e. The monoisotopic (exact) mass is 305 g/mol. The van der Waals surface area contributed by atoms with E-state index in [1.54, 1.807) is 0 Å². The van der Waals surface area contributed by atoms with Crippen LogP contribution in [0, 0.1) is 13.8 Å². The van der Waals surface area contributed by atoms with Crippen LogP contribution in [-0.2, 0) is 4.79 Å². The lowest BCUT2D eigenvalue weighted by Crippen LogP contribution is -2.46. The molecule has 0 saturated carbocycles. The topological polar surface area (TPSA) is 102 Å². The van der Waals surface area contributed by atoms with Crippen LogP contribution in [0.5, 0.6) is 0 Å². The highest BCUT2D eigenvalue weighted by atomic mass is 19.4. The van der Waals surface area contributed by atoms with E-state index in [0.29, 0.717) is 6.92 Å². The van der Waals surface area contributed by atoms with E-state index in [2.05, 4.69) is 4.98 Å². The molecule has 1 aromatic heterocycles. The molecule has 0 fully saturated rings. The van der Waals surface area contributed by atoms with Gasteiger partial charge in [-0.15, -0.1) is 0 Å². The number of aromatic carboxylic acids is 1. The lowest BCUT2D eigenvalue weighted by atomic mass is 10.0. The van der Waals surface area contributed by atoms with Crippen molar-refractivity contribution in [1.29, 1.82) is 0 Å². The molecule has 1 heterocycles. The number of carbonyl (C=O) groups excluding carboxylic acids is 3. The van der Waals surface area contributed by atoms with E-state index < -0.39 is 35.6 Å². The van der Waals surface area contributed by atoms with Gasteiger partial charge in [0.25, 0.3) is 11.7 Å². The van der Waals surface area contributed by atoms with E-state index in [1.807, 2.05) is 0 Å². The molecule has 1 aromatic rings. The Bertz CT molecular complexity index is 604. The summed E-state index contributed by atoms with van der Waals surface area (Å²) in [6.07, 6.45) is -4.69. The molecule has 0 bridgehead atoms. The van der Waals surface area contributed by atoms with Crippen LogP contribution in [0.3, 0.4) is 0 Å². The molecule has 0 aliphatic heterocycles. The maximum absolute atomic E-state index is 12.3. The quantitative estimate of drug-likeness (QED) is 0.614. The SMILES string of the molecule is Cc1[nH]c(C(=O)[O-])c(C)c1C(=O)C(=O)N[C@H](C)C(F)(F)F. The van der Waals surface area contributed by atoms with Gasteiger partial charge in [-0.1, -0.05) is 0 Å². The van der Waals surface area contributed by atoms with Gasteiger partial charge in [0, 0.05) is 5.69 Å². The van der Waals surface area contributed by atoms with Gasteiger partial charge in [0.15, 0.2) is 0 Å². The highest BCUT2D eigenvalue weighted by molar-refractivity contribution is 6.43. The Morgan fingerprint density at radius 3 is 2.14 bits per heavy atom. The second-order valence-electron chi connectivity index (χ2n) is 4.48. The van der Waals surface area contributed by atoms with Crippen LogP contribution < -0.4 is 10.4 Å². The van der Waals surface area contributed by atoms with Crippen molar-refractivity contribution < 1.29 is 32.7 Å². The molecule has 1 atom stereocenters.